The number of nitrogens with one attached hydrogen (secondary N) is 1. The van der Waals surface area contributed by atoms with Gasteiger partial charge in [0.1, 0.15) is 0 Å². The van der Waals surface area contributed by atoms with E-state index in [4.69, 9.17) is 4.98 Å². The number of hydrogen-bond donors (Lipinski definition) is 1. The molecule has 1 aromatic rings. The van der Waals surface area contributed by atoms with Crippen LogP contribution in [-0.4, -0.2) is 35.5 Å². The first-order chi connectivity index (χ1) is 9.11. The minimum Gasteiger partial charge on any atom is -0.338 e. The van der Waals surface area contributed by atoms with E-state index >= 15 is 0 Å². The quantitative estimate of drug-likeness (QED) is 0.925. The fourth-order valence-corrected chi connectivity index (χ4v) is 3.49. The van der Waals surface area contributed by atoms with Crippen molar-refractivity contribution in [3.05, 3.63) is 16.1 Å². The van der Waals surface area contributed by atoms with Crippen molar-refractivity contribution in [1.29, 1.82) is 0 Å². The van der Waals surface area contributed by atoms with Gasteiger partial charge in [0.15, 0.2) is 0 Å². The molecule has 1 atom stereocenters. The summed E-state index contributed by atoms with van der Waals surface area (Å²) in [6.45, 7) is 8.65. The smallest absolute Gasteiger partial charge is 0.317 e. The first-order valence-electron chi connectivity index (χ1n) is 7.10. The molecule has 5 heteroatoms. The standard InChI is InChI=1S/C14H23N3OS/c1-4-15-14(18)17-7-5-6-11(8-17)13-16-12(9-19-13)10(2)3/h9-11H,4-8H2,1-3H3,(H,15,18). The largest absolute Gasteiger partial charge is 0.338 e. The van der Waals surface area contributed by atoms with Gasteiger partial charge in [0.05, 0.1) is 10.7 Å². The zero-order chi connectivity index (χ0) is 13.8. The highest BCUT2D eigenvalue weighted by Crippen LogP contribution is 2.30. The van der Waals surface area contributed by atoms with Crippen LogP contribution < -0.4 is 5.32 Å². The number of hydrogen-bond acceptors (Lipinski definition) is 3. The number of amides is 2. The molecule has 1 aromatic heterocycles. The Balaban J connectivity index is 2.02. The Hall–Kier alpha value is -1.10. The van der Waals surface area contributed by atoms with Gasteiger partial charge in [-0.25, -0.2) is 9.78 Å². The van der Waals surface area contributed by atoms with E-state index in [1.54, 1.807) is 11.3 Å². The summed E-state index contributed by atoms with van der Waals surface area (Å²) in [5, 5.41) is 6.23. The molecule has 4 nitrogen and oxygen atoms in total. The molecule has 0 aliphatic carbocycles. The molecule has 1 unspecified atom stereocenters. The lowest BCUT2D eigenvalue weighted by Crippen LogP contribution is -2.44. The van der Waals surface area contributed by atoms with E-state index in [1.165, 1.54) is 10.7 Å². The van der Waals surface area contributed by atoms with Crippen LogP contribution in [0.3, 0.4) is 0 Å². The van der Waals surface area contributed by atoms with Crippen LogP contribution in [0, 0.1) is 0 Å². The van der Waals surface area contributed by atoms with Gasteiger partial charge >= 0.3 is 6.03 Å². The lowest BCUT2D eigenvalue weighted by Gasteiger charge is -2.31. The van der Waals surface area contributed by atoms with E-state index in [1.807, 2.05) is 11.8 Å². The van der Waals surface area contributed by atoms with E-state index in [2.05, 4.69) is 24.5 Å². The molecule has 0 radical (unpaired) electrons. The SMILES string of the molecule is CCNC(=O)N1CCCC(c2nc(C(C)C)cs2)C1. The van der Waals surface area contributed by atoms with Crippen molar-refractivity contribution in [1.82, 2.24) is 15.2 Å². The number of rotatable bonds is 3. The Morgan fingerprint density at radius 3 is 3.05 bits per heavy atom. The van der Waals surface area contributed by atoms with Crippen LogP contribution in [-0.2, 0) is 0 Å². The maximum atomic E-state index is 11.9. The van der Waals surface area contributed by atoms with Gasteiger partial charge in [0.25, 0.3) is 0 Å². The molecule has 2 heterocycles. The van der Waals surface area contributed by atoms with Crippen LogP contribution in [0.15, 0.2) is 5.38 Å². The van der Waals surface area contributed by atoms with Crippen LogP contribution in [0.4, 0.5) is 4.79 Å². The van der Waals surface area contributed by atoms with Gasteiger partial charge < -0.3 is 10.2 Å². The monoisotopic (exact) mass is 281 g/mol. The van der Waals surface area contributed by atoms with Crippen LogP contribution in [0.5, 0.6) is 0 Å². The summed E-state index contributed by atoms with van der Waals surface area (Å²) in [6, 6.07) is 0.0628. The molecule has 2 amide bonds. The van der Waals surface area contributed by atoms with Crippen LogP contribution in [0.2, 0.25) is 0 Å². The van der Waals surface area contributed by atoms with Crippen LogP contribution in [0.25, 0.3) is 0 Å². The normalized spacial score (nSPS) is 19.8. The van der Waals surface area contributed by atoms with Crippen LogP contribution in [0.1, 0.15) is 56.2 Å². The lowest BCUT2D eigenvalue weighted by atomic mass is 9.99. The molecule has 19 heavy (non-hydrogen) atoms. The van der Waals surface area contributed by atoms with Gasteiger partial charge in [-0.05, 0) is 25.7 Å². The number of likely N-dealkylation sites (tertiary alicyclic amines) is 1. The topological polar surface area (TPSA) is 45.2 Å². The zero-order valence-electron chi connectivity index (χ0n) is 12.0. The second-order valence-electron chi connectivity index (χ2n) is 5.39. The highest BCUT2D eigenvalue weighted by molar-refractivity contribution is 7.09. The molecule has 1 fully saturated rings. The minimum absolute atomic E-state index is 0.0628. The first kappa shape index (κ1) is 14.3. The third-order valence-corrected chi connectivity index (χ3v) is 4.54. The van der Waals surface area contributed by atoms with Gasteiger partial charge in [-0.3, -0.25) is 0 Å². The molecule has 0 aromatic carbocycles. The molecule has 0 bridgehead atoms. The average Bonchev–Trinajstić information content (AvgIpc) is 2.89. The van der Waals surface area contributed by atoms with Gasteiger partial charge in [0.2, 0.25) is 0 Å². The Labute approximate surface area is 119 Å². The summed E-state index contributed by atoms with van der Waals surface area (Å²) >= 11 is 1.74. The molecule has 1 N–H and O–H groups in total. The molecular formula is C14H23N3OS. The molecule has 2 rings (SSSR count). The molecular weight excluding hydrogens is 258 g/mol. The summed E-state index contributed by atoms with van der Waals surface area (Å²) in [7, 11) is 0. The predicted octanol–water partition coefficient (Wildman–Crippen LogP) is 3.18. The highest BCUT2D eigenvalue weighted by Gasteiger charge is 2.26. The number of aromatic nitrogens is 1. The van der Waals surface area contributed by atoms with Crippen molar-refractivity contribution < 1.29 is 4.79 Å². The predicted molar refractivity (Wildman–Crippen MR) is 78.8 cm³/mol. The van der Waals surface area contributed by atoms with Crippen molar-refractivity contribution in [2.75, 3.05) is 19.6 Å². The summed E-state index contributed by atoms with van der Waals surface area (Å²) < 4.78 is 0. The average molecular weight is 281 g/mol. The van der Waals surface area contributed by atoms with E-state index < -0.39 is 0 Å². The summed E-state index contributed by atoms with van der Waals surface area (Å²) in [5.41, 5.74) is 1.18. The highest BCUT2D eigenvalue weighted by atomic mass is 32.1. The lowest BCUT2D eigenvalue weighted by molar-refractivity contribution is 0.180. The second kappa shape index (κ2) is 6.37. The fraction of sp³-hybridized carbons (Fsp3) is 0.714. The van der Waals surface area contributed by atoms with E-state index in [0.717, 1.165) is 25.9 Å². The minimum atomic E-state index is 0.0628. The van der Waals surface area contributed by atoms with Crippen molar-refractivity contribution in [2.45, 2.75) is 45.4 Å². The van der Waals surface area contributed by atoms with Gasteiger partial charge in [-0.1, -0.05) is 13.8 Å². The molecule has 1 aliphatic heterocycles. The third-order valence-electron chi connectivity index (χ3n) is 3.52. The second-order valence-corrected chi connectivity index (χ2v) is 6.28. The van der Waals surface area contributed by atoms with Gasteiger partial charge in [-0.15, -0.1) is 11.3 Å². The molecule has 1 aliphatic rings. The van der Waals surface area contributed by atoms with Crippen molar-refractivity contribution in [3.63, 3.8) is 0 Å². The Bertz CT molecular complexity index is 430. The van der Waals surface area contributed by atoms with Crippen LogP contribution >= 0.6 is 11.3 Å². The maximum absolute atomic E-state index is 11.9. The van der Waals surface area contributed by atoms with Crippen molar-refractivity contribution in [2.24, 2.45) is 0 Å². The summed E-state index contributed by atoms with van der Waals surface area (Å²) in [4.78, 5) is 18.5. The van der Waals surface area contributed by atoms with Crippen molar-refractivity contribution in [3.8, 4) is 0 Å². The molecule has 0 saturated carbocycles. The molecule has 0 spiro atoms. The van der Waals surface area contributed by atoms with Crippen molar-refractivity contribution >= 4 is 17.4 Å². The Morgan fingerprint density at radius 2 is 2.42 bits per heavy atom. The molecule has 1 saturated heterocycles. The zero-order valence-corrected chi connectivity index (χ0v) is 12.8. The van der Waals surface area contributed by atoms with E-state index in [-0.39, 0.29) is 6.03 Å². The van der Waals surface area contributed by atoms with E-state index in [0.29, 0.717) is 18.4 Å². The summed E-state index contributed by atoms with van der Waals surface area (Å²) in [6.07, 6.45) is 2.21. The fourth-order valence-electron chi connectivity index (χ4n) is 2.38. The Kier molecular flexibility index (Phi) is 4.80. The van der Waals surface area contributed by atoms with E-state index in [9.17, 15) is 4.79 Å². The first-order valence-corrected chi connectivity index (χ1v) is 7.97. The number of nitrogens with zero attached hydrogens (tertiary/aromatic N) is 2. The number of piperidine rings is 1. The summed E-state index contributed by atoms with van der Waals surface area (Å²) in [5.74, 6) is 0.891. The Morgan fingerprint density at radius 1 is 1.63 bits per heavy atom. The number of urea groups is 1. The van der Waals surface area contributed by atoms with Gasteiger partial charge in [-0.2, -0.15) is 0 Å². The number of thiazole rings is 1. The van der Waals surface area contributed by atoms with Gasteiger partial charge in [0, 0.05) is 30.9 Å². The number of carbonyl (C=O) groups excluding carboxylic acids is 1. The maximum Gasteiger partial charge on any atom is 0.317 e. The third kappa shape index (κ3) is 3.47. The molecule has 106 valence electrons. The number of carbonyl (C=O) groups is 1.